The van der Waals surface area contributed by atoms with Gasteiger partial charge in [-0.05, 0) is 19.8 Å². The number of rotatable bonds is 6. The molecular formula is C16H22N2O2. The predicted octanol–water partition coefficient (Wildman–Crippen LogP) is 2.30. The fourth-order valence-corrected chi connectivity index (χ4v) is 2.36. The van der Waals surface area contributed by atoms with Crippen LogP contribution in [0.4, 0.5) is 0 Å². The van der Waals surface area contributed by atoms with E-state index in [1.165, 1.54) is 0 Å². The van der Waals surface area contributed by atoms with E-state index in [-0.39, 0.29) is 17.8 Å². The Hall–Kier alpha value is -1.68. The van der Waals surface area contributed by atoms with Crippen LogP contribution >= 0.6 is 0 Å². The highest BCUT2D eigenvalue weighted by Gasteiger charge is 2.28. The van der Waals surface area contributed by atoms with Gasteiger partial charge in [-0.1, -0.05) is 30.3 Å². The van der Waals surface area contributed by atoms with E-state index in [0.717, 1.165) is 30.9 Å². The van der Waals surface area contributed by atoms with Gasteiger partial charge in [0.1, 0.15) is 5.84 Å². The topological polar surface area (TPSA) is 50.7 Å². The maximum Gasteiger partial charge on any atom is 0.173 e. The number of nitrogens with one attached hydrogen (secondary N) is 1. The number of aliphatic imine (C=N–C) groups is 1. The summed E-state index contributed by atoms with van der Waals surface area (Å²) in [5.41, 5.74) is 0.732. The Morgan fingerprint density at radius 1 is 1.40 bits per heavy atom. The fraction of sp³-hybridized carbons (Fsp3) is 0.500. The molecule has 1 aliphatic heterocycles. The van der Waals surface area contributed by atoms with Gasteiger partial charge in [0.25, 0.3) is 0 Å². The zero-order valence-corrected chi connectivity index (χ0v) is 12.1. The Morgan fingerprint density at radius 2 is 2.15 bits per heavy atom. The van der Waals surface area contributed by atoms with Gasteiger partial charge in [0.15, 0.2) is 5.78 Å². The van der Waals surface area contributed by atoms with Crippen molar-refractivity contribution < 1.29 is 9.53 Å². The molecule has 0 bridgehead atoms. The highest BCUT2D eigenvalue weighted by atomic mass is 16.5. The lowest BCUT2D eigenvalue weighted by molar-refractivity contribution is 0.0812. The summed E-state index contributed by atoms with van der Waals surface area (Å²) in [6.07, 6.45) is 1.70. The molecule has 1 heterocycles. The summed E-state index contributed by atoms with van der Waals surface area (Å²) in [4.78, 5) is 17.2. The molecule has 0 aromatic heterocycles. The molecule has 2 rings (SSSR count). The summed E-state index contributed by atoms with van der Waals surface area (Å²) in [5.74, 6) is 0.685. The number of ketones is 1. The summed E-state index contributed by atoms with van der Waals surface area (Å²) in [5, 5.41) is 3.27. The molecular weight excluding hydrogens is 252 g/mol. The Kier molecular flexibility index (Phi) is 5.30. The van der Waals surface area contributed by atoms with Gasteiger partial charge in [-0.2, -0.15) is 0 Å². The molecule has 1 aromatic rings. The van der Waals surface area contributed by atoms with Gasteiger partial charge >= 0.3 is 0 Å². The van der Waals surface area contributed by atoms with Crippen LogP contribution in [-0.2, 0) is 4.74 Å². The van der Waals surface area contributed by atoms with Crippen LogP contribution in [0.2, 0.25) is 0 Å². The summed E-state index contributed by atoms with van der Waals surface area (Å²) >= 11 is 0. The van der Waals surface area contributed by atoms with Crippen molar-refractivity contribution in [3.8, 4) is 0 Å². The minimum absolute atomic E-state index is 0.0269. The van der Waals surface area contributed by atoms with Crippen molar-refractivity contribution >= 4 is 11.6 Å². The van der Waals surface area contributed by atoms with Crippen LogP contribution in [0.25, 0.3) is 0 Å². The monoisotopic (exact) mass is 274 g/mol. The van der Waals surface area contributed by atoms with Gasteiger partial charge in [-0.15, -0.1) is 0 Å². The Labute approximate surface area is 120 Å². The molecule has 0 spiro atoms. The molecule has 0 saturated carbocycles. The predicted molar refractivity (Wildman–Crippen MR) is 80.3 cm³/mol. The lowest BCUT2D eigenvalue weighted by Crippen LogP contribution is -2.40. The van der Waals surface area contributed by atoms with Crippen molar-refractivity contribution in [2.45, 2.75) is 25.9 Å². The lowest BCUT2D eigenvalue weighted by Gasteiger charge is -2.24. The average molecular weight is 274 g/mol. The normalized spacial score (nSPS) is 17.8. The number of hydrogen-bond acceptors (Lipinski definition) is 4. The van der Waals surface area contributed by atoms with E-state index in [2.05, 4.69) is 10.3 Å². The van der Waals surface area contributed by atoms with Crippen molar-refractivity contribution in [2.75, 3.05) is 20.2 Å². The minimum Gasteiger partial charge on any atom is -0.382 e. The first kappa shape index (κ1) is 14.7. The van der Waals surface area contributed by atoms with Gasteiger partial charge < -0.3 is 10.1 Å². The molecule has 0 fully saturated rings. The van der Waals surface area contributed by atoms with Crippen molar-refractivity contribution in [3.63, 3.8) is 0 Å². The molecule has 1 N–H and O–H groups in total. The van der Waals surface area contributed by atoms with Crippen LogP contribution in [0.3, 0.4) is 0 Å². The first-order valence-corrected chi connectivity index (χ1v) is 7.12. The number of amidine groups is 1. The number of Topliss-reactive ketones (excluding diaryl/α,β-unsaturated/α-hetero) is 1. The molecule has 1 aromatic carbocycles. The third kappa shape index (κ3) is 3.67. The molecule has 2 atom stereocenters. The Bertz CT molecular complexity index is 471. The second-order valence-corrected chi connectivity index (χ2v) is 5.11. The van der Waals surface area contributed by atoms with Crippen LogP contribution in [0, 0.1) is 5.92 Å². The van der Waals surface area contributed by atoms with Gasteiger partial charge in [0, 0.05) is 25.8 Å². The van der Waals surface area contributed by atoms with Crippen LogP contribution in [-0.4, -0.2) is 37.9 Å². The molecule has 0 saturated heterocycles. The van der Waals surface area contributed by atoms with E-state index in [0.29, 0.717) is 6.42 Å². The van der Waals surface area contributed by atoms with E-state index in [1.807, 2.05) is 37.3 Å². The zero-order chi connectivity index (χ0) is 14.4. The average Bonchev–Trinajstić information content (AvgIpc) is 2.53. The van der Waals surface area contributed by atoms with E-state index in [4.69, 9.17) is 4.74 Å². The maximum atomic E-state index is 12.7. The summed E-state index contributed by atoms with van der Waals surface area (Å²) in [6, 6.07) is 9.41. The smallest absolute Gasteiger partial charge is 0.173 e. The molecule has 2 unspecified atom stereocenters. The Balaban J connectivity index is 2.21. The molecule has 1 aliphatic rings. The number of carbonyl (C=O) groups excluding carboxylic acids is 1. The maximum absolute atomic E-state index is 12.7. The van der Waals surface area contributed by atoms with Crippen molar-refractivity contribution in [1.82, 2.24) is 5.32 Å². The SMILES string of the molecule is COC(C)CC(C(=O)c1ccccc1)C1=NCCCN1. The van der Waals surface area contributed by atoms with E-state index < -0.39 is 0 Å². The van der Waals surface area contributed by atoms with Crippen LogP contribution < -0.4 is 5.32 Å². The number of ether oxygens (including phenoxy) is 1. The van der Waals surface area contributed by atoms with Gasteiger partial charge in [0.05, 0.1) is 12.0 Å². The molecule has 4 heteroatoms. The summed E-state index contributed by atoms with van der Waals surface area (Å²) < 4.78 is 5.32. The quantitative estimate of drug-likeness (QED) is 0.810. The molecule has 0 amide bonds. The van der Waals surface area contributed by atoms with Crippen LogP contribution in [0.5, 0.6) is 0 Å². The van der Waals surface area contributed by atoms with Gasteiger partial charge in [-0.3, -0.25) is 9.79 Å². The van der Waals surface area contributed by atoms with Crippen LogP contribution in [0.15, 0.2) is 35.3 Å². The third-order valence-corrected chi connectivity index (χ3v) is 3.60. The number of nitrogens with zero attached hydrogens (tertiary/aromatic N) is 1. The Morgan fingerprint density at radius 3 is 2.75 bits per heavy atom. The standard InChI is InChI=1S/C16H22N2O2/c1-12(20-2)11-14(16-17-9-6-10-18-16)15(19)13-7-4-3-5-8-13/h3-5,7-8,12,14H,6,9-11H2,1-2H3,(H,17,18). The largest absolute Gasteiger partial charge is 0.382 e. The number of hydrogen-bond donors (Lipinski definition) is 1. The fourth-order valence-electron chi connectivity index (χ4n) is 2.36. The molecule has 20 heavy (non-hydrogen) atoms. The first-order valence-electron chi connectivity index (χ1n) is 7.12. The minimum atomic E-state index is -0.243. The van der Waals surface area contributed by atoms with E-state index in [1.54, 1.807) is 7.11 Å². The van der Waals surface area contributed by atoms with Crippen molar-refractivity contribution in [3.05, 3.63) is 35.9 Å². The lowest BCUT2D eigenvalue weighted by atomic mass is 9.90. The van der Waals surface area contributed by atoms with Crippen molar-refractivity contribution in [2.24, 2.45) is 10.9 Å². The van der Waals surface area contributed by atoms with E-state index in [9.17, 15) is 4.79 Å². The molecule has 0 radical (unpaired) electrons. The number of carbonyl (C=O) groups is 1. The third-order valence-electron chi connectivity index (χ3n) is 3.60. The molecule has 4 nitrogen and oxygen atoms in total. The number of methoxy groups -OCH3 is 1. The van der Waals surface area contributed by atoms with Gasteiger partial charge in [0.2, 0.25) is 0 Å². The van der Waals surface area contributed by atoms with Crippen LogP contribution in [0.1, 0.15) is 30.1 Å². The van der Waals surface area contributed by atoms with Crippen molar-refractivity contribution in [1.29, 1.82) is 0 Å². The van der Waals surface area contributed by atoms with Gasteiger partial charge in [-0.25, -0.2) is 0 Å². The van der Waals surface area contributed by atoms with E-state index >= 15 is 0 Å². The molecule has 0 aliphatic carbocycles. The second-order valence-electron chi connectivity index (χ2n) is 5.11. The zero-order valence-electron chi connectivity index (χ0n) is 12.1. The summed E-state index contributed by atoms with van der Waals surface area (Å²) in [6.45, 7) is 3.66. The first-order chi connectivity index (χ1) is 9.72. The second kappa shape index (κ2) is 7.20. The highest BCUT2D eigenvalue weighted by molar-refractivity contribution is 6.11. The molecule has 108 valence electrons. The number of benzene rings is 1. The highest BCUT2D eigenvalue weighted by Crippen LogP contribution is 2.18. The summed E-state index contributed by atoms with van der Waals surface area (Å²) in [7, 11) is 1.67.